The lowest BCUT2D eigenvalue weighted by Crippen LogP contribution is -2.25. The van der Waals surface area contributed by atoms with E-state index < -0.39 is 11.9 Å². The van der Waals surface area contributed by atoms with Crippen LogP contribution in [0.3, 0.4) is 0 Å². The molecule has 0 spiro atoms. The van der Waals surface area contributed by atoms with Gasteiger partial charge in [0.05, 0.1) is 19.1 Å². The van der Waals surface area contributed by atoms with Gasteiger partial charge in [0, 0.05) is 0 Å². The minimum atomic E-state index is -0.717. The zero-order chi connectivity index (χ0) is 13.7. The summed E-state index contributed by atoms with van der Waals surface area (Å²) < 4.78 is 4.42. The molecule has 96 valence electrons. The monoisotopic (exact) mass is 246 g/mol. The standard InChI is InChI=1S/C5H7NO2.C3H7N3O3/c1-2-8-5(7)3-4-6;4-2(5-8)1-3(7)6-9/h2-3H2,1H3;8-9H,1H2,(H2,4,5)(H,6,7). The molecule has 0 heterocycles. The fourth-order valence-corrected chi connectivity index (χ4v) is 0.516. The van der Waals surface area contributed by atoms with Crippen LogP contribution in [0.2, 0.25) is 0 Å². The molecule has 9 nitrogen and oxygen atoms in total. The van der Waals surface area contributed by atoms with E-state index in [1.165, 1.54) is 5.48 Å². The fourth-order valence-electron chi connectivity index (χ4n) is 0.516. The Kier molecular flexibility index (Phi) is 11.8. The maximum atomic E-state index is 10.2. The zero-order valence-corrected chi connectivity index (χ0v) is 9.21. The number of hydrogen-bond acceptors (Lipinski definition) is 7. The number of ether oxygens (including phenoxy) is 1. The fraction of sp³-hybridized carbons (Fsp3) is 0.500. The number of oxime groups is 1. The lowest BCUT2D eigenvalue weighted by molar-refractivity contribution is -0.141. The van der Waals surface area contributed by atoms with Gasteiger partial charge in [-0.3, -0.25) is 14.8 Å². The van der Waals surface area contributed by atoms with Gasteiger partial charge >= 0.3 is 5.97 Å². The third-order valence-corrected chi connectivity index (χ3v) is 1.12. The molecular weight excluding hydrogens is 232 g/mol. The molecule has 0 fully saturated rings. The summed E-state index contributed by atoms with van der Waals surface area (Å²) in [7, 11) is 0. The molecule has 0 radical (unpaired) electrons. The number of nitriles is 1. The molecule has 0 aromatic rings. The summed E-state index contributed by atoms with van der Waals surface area (Å²) in [5.74, 6) is -1.41. The molecule has 1 amide bonds. The Morgan fingerprint density at radius 2 is 2.18 bits per heavy atom. The molecule has 0 atom stereocenters. The average Bonchev–Trinajstić information content (AvgIpc) is 2.30. The minimum Gasteiger partial charge on any atom is -0.465 e. The summed E-state index contributed by atoms with van der Waals surface area (Å²) in [5, 5.41) is 26.2. The highest BCUT2D eigenvalue weighted by molar-refractivity contribution is 5.98. The first-order chi connectivity index (χ1) is 8.01. The van der Waals surface area contributed by atoms with Gasteiger partial charge in [-0.2, -0.15) is 5.26 Å². The molecule has 0 aliphatic rings. The highest BCUT2D eigenvalue weighted by atomic mass is 16.5. The number of nitrogens with zero attached hydrogens (tertiary/aromatic N) is 2. The Bertz CT molecular complexity index is 310. The molecule has 9 heteroatoms. The molecule has 0 aromatic carbocycles. The Morgan fingerprint density at radius 1 is 1.59 bits per heavy atom. The topological polar surface area (TPSA) is 158 Å². The number of carbonyl (C=O) groups is 2. The number of amidine groups is 1. The molecule has 0 saturated heterocycles. The third-order valence-electron chi connectivity index (χ3n) is 1.12. The van der Waals surface area contributed by atoms with Crippen molar-refractivity contribution in [2.75, 3.05) is 6.61 Å². The van der Waals surface area contributed by atoms with Gasteiger partial charge in [0.1, 0.15) is 12.3 Å². The van der Waals surface area contributed by atoms with E-state index in [0.29, 0.717) is 6.61 Å². The number of carbonyl (C=O) groups excluding carboxylic acids is 2. The lowest BCUT2D eigenvalue weighted by Gasteiger charge is -1.93. The molecule has 0 aromatic heterocycles. The Morgan fingerprint density at radius 3 is 2.53 bits per heavy atom. The van der Waals surface area contributed by atoms with Gasteiger partial charge in [0.25, 0.3) is 5.91 Å². The predicted molar refractivity (Wildman–Crippen MR) is 54.8 cm³/mol. The van der Waals surface area contributed by atoms with Gasteiger partial charge in [-0.15, -0.1) is 0 Å². The van der Waals surface area contributed by atoms with Crippen molar-refractivity contribution in [3.63, 3.8) is 0 Å². The number of nitrogens with one attached hydrogen (secondary N) is 1. The SMILES string of the molecule is CCOC(=O)CC#N.N/C(CC(=O)NO)=N/O. The maximum absolute atomic E-state index is 10.2. The van der Waals surface area contributed by atoms with Crippen molar-refractivity contribution < 1.29 is 24.7 Å². The molecule has 5 N–H and O–H groups in total. The largest absolute Gasteiger partial charge is 0.465 e. The number of esters is 1. The molecule has 0 unspecified atom stereocenters. The second-order valence-corrected chi connectivity index (χ2v) is 2.44. The van der Waals surface area contributed by atoms with Gasteiger partial charge < -0.3 is 15.7 Å². The Labute approximate surface area is 97.4 Å². The number of rotatable bonds is 4. The van der Waals surface area contributed by atoms with Crippen LogP contribution in [0.15, 0.2) is 5.16 Å². The number of nitrogens with two attached hydrogens (primary N) is 1. The first-order valence-electron chi connectivity index (χ1n) is 4.43. The van der Waals surface area contributed by atoms with Crippen LogP contribution in [-0.4, -0.2) is 34.7 Å². The summed E-state index contributed by atoms with van der Waals surface area (Å²) in [5.41, 5.74) is 6.20. The molecule has 0 rings (SSSR count). The summed E-state index contributed by atoms with van der Waals surface area (Å²) in [6.45, 7) is 2.05. The number of hydrogen-bond donors (Lipinski definition) is 4. The van der Waals surface area contributed by atoms with E-state index in [9.17, 15) is 9.59 Å². The van der Waals surface area contributed by atoms with Crippen molar-refractivity contribution in [3.8, 4) is 6.07 Å². The van der Waals surface area contributed by atoms with Crippen LogP contribution in [-0.2, 0) is 14.3 Å². The highest BCUT2D eigenvalue weighted by Gasteiger charge is 2.00. The summed E-state index contributed by atoms with van der Waals surface area (Å²) in [4.78, 5) is 20.3. The predicted octanol–water partition coefficient (Wildman–Crippen LogP) is -0.909. The van der Waals surface area contributed by atoms with Crippen molar-refractivity contribution in [2.24, 2.45) is 10.9 Å². The van der Waals surface area contributed by atoms with Crippen LogP contribution in [0.1, 0.15) is 19.8 Å². The molecule has 0 aliphatic heterocycles. The van der Waals surface area contributed by atoms with Crippen LogP contribution in [0.25, 0.3) is 0 Å². The molecule has 0 aliphatic carbocycles. The first kappa shape index (κ1) is 17.1. The molecule has 17 heavy (non-hydrogen) atoms. The molecule has 0 bridgehead atoms. The van der Waals surface area contributed by atoms with Crippen LogP contribution in [0, 0.1) is 11.3 Å². The van der Waals surface area contributed by atoms with E-state index in [2.05, 4.69) is 9.89 Å². The number of amides is 1. The zero-order valence-electron chi connectivity index (χ0n) is 9.21. The van der Waals surface area contributed by atoms with Crippen molar-refractivity contribution in [2.45, 2.75) is 19.8 Å². The van der Waals surface area contributed by atoms with E-state index in [0.717, 1.165) is 0 Å². The van der Waals surface area contributed by atoms with Gasteiger partial charge in [-0.25, -0.2) is 5.48 Å². The maximum Gasteiger partial charge on any atom is 0.320 e. The van der Waals surface area contributed by atoms with Gasteiger partial charge in [-0.1, -0.05) is 5.16 Å². The van der Waals surface area contributed by atoms with Crippen LogP contribution >= 0.6 is 0 Å². The summed E-state index contributed by atoms with van der Waals surface area (Å²) in [6, 6.07) is 1.68. The smallest absolute Gasteiger partial charge is 0.320 e. The van der Waals surface area contributed by atoms with E-state index in [1.807, 2.05) is 0 Å². The summed E-state index contributed by atoms with van der Waals surface area (Å²) in [6.07, 6.45) is -0.458. The Hall–Kier alpha value is -2.34. The van der Waals surface area contributed by atoms with Crippen LogP contribution in [0.4, 0.5) is 0 Å². The van der Waals surface area contributed by atoms with Gasteiger partial charge in [0.2, 0.25) is 0 Å². The van der Waals surface area contributed by atoms with Gasteiger partial charge in [0.15, 0.2) is 0 Å². The first-order valence-corrected chi connectivity index (χ1v) is 4.43. The quantitative estimate of drug-likeness (QED) is 0.125. The Balaban J connectivity index is 0. The van der Waals surface area contributed by atoms with Gasteiger partial charge in [-0.05, 0) is 6.92 Å². The minimum absolute atomic E-state index is 0.145. The van der Waals surface area contributed by atoms with E-state index in [1.54, 1.807) is 13.0 Å². The van der Waals surface area contributed by atoms with E-state index >= 15 is 0 Å². The third kappa shape index (κ3) is 13.7. The van der Waals surface area contributed by atoms with Crippen LogP contribution in [0.5, 0.6) is 0 Å². The highest BCUT2D eigenvalue weighted by Crippen LogP contribution is 1.81. The van der Waals surface area contributed by atoms with Crippen LogP contribution < -0.4 is 11.2 Å². The molecule has 0 saturated carbocycles. The second kappa shape index (κ2) is 11.7. The van der Waals surface area contributed by atoms with Crippen molar-refractivity contribution in [1.82, 2.24) is 5.48 Å². The van der Waals surface area contributed by atoms with Crippen molar-refractivity contribution in [3.05, 3.63) is 0 Å². The van der Waals surface area contributed by atoms with E-state index in [-0.39, 0.29) is 18.7 Å². The second-order valence-electron chi connectivity index (χ2n) is 2.44. The van der Waals surface area contributed by atoms with Crippen molar-refractivity contribution >= 4 is 17.7 Å². The normalized spacial score (nSPS) is 9.35. The average molecular weight is 246 g/mol. The van der Waals surface area contributed by atoms with E-state index in [4.69, 9.17) is 21.4 Å². The lowest BCUT2D eigenvalue weighted by atomic mass is 10.4. The molecular formula is C8H14N4O5. The van der Waals surface area contributed by atoms with Crippen molar-refractivity contribution in [1.29, 1.82) is 5.26 Å². The number of hydroxylamine groups is 1. The summed E-state index contributed by atoms with van der Waals surface area (Å²) >= 11 is 0.